The minimum Gasteiger partial charge on any atom is -0.496 e. The van der Waals surface area contributed by atoms with Crippen LogP contribution in [0.25, 0.3) is 16.9 Å². The highest BCUT2D eigenvalue weighted by Gasteiger charge is 2.22. The topological polar surface area (TPSA) is 72.7 Å². The Bertz CT molecular complexity index is 1250. The van der Waals surface area contributed by atoms with Gasteiger partial charge in [0.25, 0.3) is 10.0 Å². The van der Waals surface area contributed by atoms with Crippen LogP contribution in [0.2, 0.25) is 0 Å². The maximum atomic E-state index is 13.0. The average Bonchev–Trinajstić information content (AvgIpc) is 3.05. The summed E-state index contributed by atoms with van der Waals surface area (Å²) < 4.78 is 35.9. The van der Waals surface area contributed by atoms with E-state index in [4.69, 9.17) is 4.74 Å². The number of nitrogens with one attached hydrogen (secondary N) is 1. The molecule has 0 aliphatic heterocycles. The van der Waals surface area contributed by atoms with Gasteiger partial charge in [-0.05, 0) is 42.8 Å². The zero-order chi connectivity index (χ0) is 19.7. The Hall–Kier alpha value is -3.32. The number of pyridine rings is 1. The normalized spacial score (nSPS) is 11.5. The van der Waals surface area contributed by atoms with Gasteiger partial charge in [-0.1, -0.05) is 36.4 Å². The second-order valence-electron chi connectivity index (χ2n) is 6.36. The molecule has 0 amide bonds. The van der Waals surface area contributed by atoms with E-state index < -0.39 is 10.0 Å². The summed E-state index contributed by atoms with van der Waals surface area (Å²) in [6, 6.07) is 19.4. The molecule has 0 saturated heterocycles. The standard InChI is InChI=1S/C21H19N3O3S/c1-15-12-13-19-22-20(17-10-6-7-11-18(17)27-2)21(24(19)14-15)23-28(25,26)16-8-4-3-5-9-16/h3-14,23H,1-2H3. The summed E-state index contributed by atoms with van der Waals surface area (Å²) in [6.45, 7) is 1.94. The van der Waals surface area contributed by atoms with E-state index in [1.165, 1.54) is 0 Å². The molecular formula is C21H19N3O3S. The van der Waals surface area contributed by atoms with Crippen molar-refractivity contribution in [3.63, 3.8) is 0 Å². The molecule has 0 saturated carbocycles. The van der Waals surface area contributed by atoms with Gasteiger partial charge in [0.05, 0.1) is 12.0 Å². The highest BCUT2D eigenvalue weighted by atomic mass is 32.2. The Morgan fingerprint density at radius 2 is 1.68 bits per heavy atom. The maximum Gasteiger partial charge on any atom is 0.263 e. The van der Waals surface area contributed by atoms with Gasteiger partial charge >= 0.3 is 0 Å². The number of methoxy groups -OCH3 is 1. The van der Waals surface area contributed by atoms with Crippen LogP contribution >= 0.6 is 0 Å². The lowest BCUT2D eigenvalue weighted by Crippen LogP contribution is -2.15. The molecule has 6 nitrogen and oxygen atoms in total. The fourth-order valence-corrected chi connectivity index (χ4v) is 4.15. The molecule has 0 radical (unpaired) electrons. The van der Waals surface area contributed by atoms with E-state index >= 15 is 0 Å². The van der Waals surface area contributed by atoms with E-state index in [1.54, 1.807) is 41.8 Å². The summed E-state index contributed by atoms with van der Waals surface area (Å²) in [7, 11) is -2.21. The van der Waals surface area contributed by atoms with E-state index in [1.807, 2.05) is 49.5 Å². The molecular weight excluding hydrogens is 374 g/mol. The minimum absolute atomic E-state index is 0.184. The number of para-hydroxylation sites is 1. The first kappa shape index (κ1) is 18.1. The van der Waals surface area contributed by atoms with Gasteiger partial charge in [-0.2, -0.15) is 0 Å². The molecule has 0 unspecified atom stereocenters. The second kappa shape index (κ2) is 7.01. The van der Waals surface area contributed by atoms with Crippen molar-refractivity contribution in [2.75, 3.05) is 11.8 Å². The molecule has 142 valence electrons. The van der Waals surface area contributed by atoms with Crippen LogP contribution in [0.3, 0.4) is 0 Å². The van der Waals surface area contributed by atoms with E-state index in [9.17, 15) is 8.42 Å². The summed E-state index contributed by atoms with van der Waals surface area (Å²) >= 11 is 0. The van der Waals surface area contributed by atoms with Crippen molar-refractivity contribution in [3.05, 3.63) is 78.5 Å². The number of imidazole rings is 1. The predicted octanol–water partition coefficient (Wildman–Crippen LogP) is 4.12. The molecule has 0 atom stereocenters. The fraction of sp³-hybridized carbons (Fsp3) is 0.0952. The molecule has 0 fully saturated rings. The van der Waals surface area contributed by atoms with Gasteiger partial charge in [-0.3, -0.25) is 9.12 Å². The Balaban J connectivity index is 1.95. The van der Waals surface area contributed by atoms with Crippen LogP contribution in [0, 0.1) is 6.92 Å². The maximum absolute atomic E-state index is 13.0. The molecule has 2 heterocycles. The van der Waals surface area contributed by atoms with Gasteiger partial charge in [0, 0.05) is 11.8 Å². The lowest BCUT2D eigenvalue weighted by Gasteiger charge is -2.12. The van der Waals surface area contributed by atoms with Crippen molar-refractivity contribution in [1.29, 1.82) is 0 Å². The molecule has 4 aromatic rings. The van der Waals surface area contributed by atoms with Gasteiger partial charge in [-0.15, -0.1) is 0 Å². The summed E-state index contributed by atoms with van der Waals surface area (Å²) in [6.07, 6.45) is 1.85. The Morgan fingerprint density at radius 3 is 2.43 bits per heavy atom. The number of hydrogen-bond donors (Lipinski definition) is 1. The van der Waals surface area contributed by atoms with Crippen LogP contribution in [-0.2, 0) is 10.0 Å². The Labute approximate surface area is 163 Å². The smallest absolute Gasteiger partial charge is 0.263 e. The number of benzene rings is 2. The molecule has 0 aliphatic carbocycles. The van der Waals surface area contributed by atoms with E-state index in [2.05, 4.69) is 9.71 Å². The van der Waals surface area contributed by atoms with Gasteiger partial charge in [0.1, 0.15) is 17.1 Å². The Kier molecular flexibility index (Phi) is 4.52. The quantitative estimate of drug-likeness (QED) is 0.554. The monoisotopic (exact) mass is 393 g/mol. The zero-order valence-electron chi connectivity index (χ0n) is 15.5. The summed E-state index contributed by atoms with van der Waals surface area (Å²) in [5.74, 6) is 0.981. The van der Waals surface area contributed by atoms with E-state index in [-0.39, 0.29) is 4.90 Å². The number of anilines is 1. The van der Waals surface area contributed by atoms with Crippen molar-refractivity contribution < 1.29 is 13.2 Å². The lowest BCUT2D eigenvalue weighted by molar-refractivity contribution is 0.416. The first-order valence-electron chi connectivity index (χ1n) is 8.69. The van der Waals surface area contributed by atoms with Crippen molar-refractivity contribution in [2.45, 2.75) is 11.8 Å². The molecule has 4 rings (SSSR count). The molecule has 0 bridgehead atoms. The second-order valence-corrected chi connectivity index (χ2v) is 8.04. The summed E-state index contributed by atoms with van der Waals surface area (Å²) in [4.78, 5) is 4.85. The largest absolute Gasteiger partial charge is 0.496 e. The third-order valence-electron chi connectivity index (χ3n) is 4.41. The fourth-order valence-electron chi connectivity index (χ4n) is 3.06. The number of rotatable bonds is 5. The molecule has 1 N–H and O–H groups in total. The molecule has 28 heavy (non-hydrogen) atoms. The SMILES string of the molecule is COc1ccccc1-c1nc2ccc(C)cn2c1NS(=O)(=O)c1ccccc1. The van der Waals surface area contributed by atoms with Crippen molar-refractivity contribution in [1.82, 2.24) is 9.38 Å². The first-order chi connectivity index (χ1) is 13.5. The van der Waals surface area contributed by atoms with Crippen molar-refractivity contribution >= 4 is 21.5 Å². The molecule has 2 aromatic carbocycles. The number of nitrogens with zero attached hydrogens (tertiary/aromatic N) is 2. The molecule has 2 aromatic heterocycles. The van der Waals surface area contributed by atoms with Gasteiger partial charge in [0.15, 0.2) is 5.82 Å². The molecule has 0 aliphatic rings. The predicted molar refractivity (Wildman–Crippen MR) is 109 cm³/mol. The third-order valence-corrected chi connectivity index (χ3v) is 5.77. The van der Waals surface area contributed by atoms with Crippen LogP contribution in [-0.4, -0.2) is 24.9 Å². The number of aromatic nitrogens is 2. The van der Waals surface area contributed by atoms with Crippen LogP contribution in [0.4, 0.5) is 5.82 Å². The summed E-state index contributed by atoms with van der Waals surface area (Å²) in [5.41, 5.74) is 2.83. The van der Waals surface area contributed by atoms with E-state index in [0.717, 1.165) is 5.56 Å². The van der Waals surface area contributed by atoms with Gasteiger partial charge in [0.2, 0.25) is 0 Å². The summed E-state index contributed by atoms with van der Waals surface area (Å²) in [5, 5.41) is 0. The highest BCUT2D eigenvalue weighted by Crippen LogP contribution is 2.36. The van der Waals surface area contributed by atoms with Gasteiger partial charge in [-0.25, -0.2) is 13.4 Å². The number of hydrogen-bond acceptors (Lipinski definition) is 4. The van der Waals surface area contributed by atoms with Crippen LogP contribution < -0.4 is 9.46 Å². The number of ether oxygens (including phenoxy) is 1. The van der Waals surface area contributed by atoms with Crippen LogP contribution in [0.1, 0.15) is 5.56 Å². The van der Waals surface area contributed by atoms with Crippen molar-refractivity contribution in [2.24, 2.45) is 0 Å². The van der Waals surface area contributed by atoms with E-state index in [0.29, 0.717) is 28.5 Å². The number of fused-ring (bicyclic) bond motifs is 1. The average molecular weight is 393 g/mol. The number of sulfonamides is 1. The minimum atomic E-state index is -3.79. The van der Waals surface area contributed by atoms with Crippen LogP contribution in [0.15, 0.2) is 77.8 Å². The number of aryl methyl sites for hydroxylation is 1. The molecule has 7 heteroatoms. The van der Waals surface area contributed by atoms with Crippen molar-refractivity contribution in [3.8, 4) is 17.0 Å². The van der Waals surface area contributed by atoms with Crippen LogP contribution in [0.5, 0.6) is 5.75 Å². The third kappa shape index (κ3) is 3.20. The lowest BCUT2D eigenvalue weighted by atomic mass is 10.1. The van der Waals surface area contributed by atoms with Gasteiger partial charge < -0.3 is 4.74 Å². The zero-order valence-corrected chi connectivity index (χ0v) is 16.3. The molecule has 0 spiro atoms. The Morgan fingerprint density at radius 1 is 0.964 bits per heavy atom. The first-order valence-corrected chi connectivity index (χ1v) is 10.2. The highest BCUT2D eigenvalue weighted by molar-refractivity contribution is 7.92.